The summed E-state index contributed by atoms with van der Waals surface area (Å²) in [6.07, 6.45) is 0.151. The Morgan fingerprint density at radius 3 is 2.12 bits per heavy atom. The summed E-state index contributed by atoms with van der Waals surface area (Å²) in [4.78, 5) is 32.7. The van der Waals surface area contributed by atoms with E-state index in [1.807, 2.05) is 0 Å². The van der Waals surface area contributed by atoms with Crippen molar-refractivity contribution in [2.24, 2.45) is 11.7 Å². The first-order chi connectivity index (χ1) is 7.79. The van der Waals surface area contributed by atoms with E-state index in [4.69, 9.17) is 15.9 Å². The van der Waals surface area contributed by atoms with Gasteiger partial charge in [0.1, 0.15) is 12.1 Å². The van der Waals surface area contributed by atoms with Gasteiger partial charge in [-0.1, -0.05) is 20.3 Å². The molecule has 0 aromatic rings. The van der Waals surface area contributed by atoms with Gasteiger partial charge in [-0.2, -0.15) is 0 Å². The molecule has 98 valence electrons. The standard InChI is InChI=1S/C10H18N2O5/c1-3-5(2)8(10(16)17)12-7(13)4-6(11)9(14)15/h5-6,8H,3-4,11H2,1-2H3,(H,12,13)(H,14,15)(H,16,17)/t5-,6-,8-/m0/s1. The molecule has 7 heteroatoms. The number of carboxylic acids is 2. The molecular weight excluding hydrogens is 228 g/mol. The van der Waals surface area contributed by atoms with Crippen molar-refractivity contribution in [1.29, 1.82) is 0 Å². The molecule has 0 spiro atoms. The maximum absolute atomic E-state index is 11.4. The minimum absolute atomic E-state index is 0.238. The summed E-state index contributed by atoms with van der Waals surface area (Å²) in [5.74, 6) is -3.35. The van der Waals surface area contributed by atoms with Crippen LogP contribution in [0.4, 0.5) is 0 Å². The molecule has 3 atom stereocenters. The molecule has 0 saturated carbocycles. The molecule has 0 rings (SSSR count). The van der Waals surface area contributed by atoms with Gasteiger partial charge in [-0.3, -0.25) is 9.59 Å². The lowest BCUT2D eigenvalue weighted by Crippen LogP contribution is -2.47. The van der Waals surface area contributed by atoms with Gasteiger partial charge in [-0.05, 0) is 5.92 Å². The van der Waals surface area contributed by atoms with Crippen molar-refractivity contribution in [1.82, 2.24) is 5.32 Å². The van der Waals surface area contributed by atoms with E-state index in [0.29, 0.717) is 6.42 Å². The Kier molecular flexibility index (Phi) is 6.19. The molecule has 0 radical (unpaired) electrons. The van der Waals surface area contributed by atoms with Crippen LogP contribution in [0.2, 0.25) is 0 Å². The molecule has 0 saturated heterocycles. The lowest BCUT2D eigenvalue weighted by Gasteiger charge is -2.20. The normalized spacial score (nSPS) is 15.7. The monoisotopic (exact) mass is 246 g/mol. The van der Waals surface area contributed by atoms with E-state index in [1.54, 1.807) is 13.8 Å². The van der Waals surface area contributed by atoms with Crippen molar-refractivity contribution >= 4 is 17.8 Å². The number of amides is 1. The second-order valence-electron chi connectivity index (χ2n) is 3.92. The van der Waals surface area contributed by atoms with Crippen LogP contribution in [0.15, 0.2) is 0 Å². The third kappa shape index (κ3) is 5.30. The molecule has 0 aliphatic rings. The van der Waals surface area contributed by atoms with E-state index in [0.717, 1.165) is 0 Å². The number of carboxylic acid groups (broad SMARTS) is 2. The van der Waals surface area contributed by atoms with Crippen molar-refractivity contribution in [3.63, 3.8) is 0 Å². The van der Waals surface area contributed by atoms with Crippen molar-refractivity contribution in [2.75, 3.05) is 0 Å². The molecule has 1 amide bonds. The SMILES string of the molecule is CC[C@H](C)[C@H](NC(=O)C[C@H](N)C(=O)O)C(=O)O. The predicted octanol–water partition coefficient (Wildman–Crippen LogP) is -0.596. The minimum Gasteiger partial charge on any atom is -0.480 e. The smallest absolute Gasteiger partial charge is 0.326 e. The van der Waals surface area contributed by atoms with Gasteiger partial charge in [0.05, 0.1) is 6.42 Å². The first-order valence-electron chi connectivity index (χ1n) is 5.30. The first-order valence-corrected chi connectivity index (χ1v) is 5.30. The van der Waals surface area contributed by atoms with E-state index >= 15 is 0 Å². The van der Waals surface area contributed by atoms with Crippen LogP contribution >= 0.6 is 0 Å². The van der Waals surface area contributed by atoms with Gasteiger partial charge in [0, 0.05) is 0 Å². The molecule has 5 N–H and O–H groups in total. The lowest BCUT2D eigenvalue weighted by molar-refractivity contribution is -0.144. The van der Waals surface area contributed by atoms with Gasteiger partial charge in [-0.25, -0.2) is 4.79 Å². The fourth-order valence-corrected chi connectivity index (χ4v) is 1.20. The molecule has 0 unspecified atom stereocenters. The zero-order valence-corrected chi connectivity index (χ0v) is 9.84. The molecule has 0 aromatic carbocycles. The average Bonchev–Trinajstić information content (AvgIpc) is 2.24. The Balaban J connectivity index is 4.42. The Morgan fingerprint density at radius 1 is 1.24 bits per heavy atom. The number of carbonyl (C=O) groups excluding carboxylic acids is 1. The quantitative estimate of drug-likeness (QED) is 0.474. The predicted molar refractivity (Wildman–Crippen MR) is 59.2 cm³/mol. The molecule has 0 heterocycles. The van der Waals surface area contributed by atoms with Crippen molar-refractivity contribution in [2.45, 2.75) is 38.8 Å². The summed E-state index contributed by atoms with van der Waals surface area (Å²) in [6, 6.07) is -2.34. The summed E-state index contributed by atoms with van der Waals surface area (Å²) in [5.41, 5.74) is 5.17. The van der Waals surface area contributed by atoms with Crippen molar-refractivity contribution in [3.8, 4) is 0 Å². The topological polar surface area (TPSA) is 130 Å². The number of hydrogen-bond donors (Lipinski definition) is 4. The van der Waals surface area contributed by atoms with E-state index in [1.165, 1.54) is 0 Å². The summed E-state index contributed by atoms with van der Waals surface area (Å²) in [7, 11) is 0. The van der Waals surface area contributed by atoms with E-state index in [-0.39, 0.29) is 5.92 Å². The molecule has 0 fully saturated rings. The highest BCUT2D eigenvalue weighted by molar-refractivity contribution is 5.87. The number of aliphatic carboxylic acids is 2. The Bertz CT molecular complexity index is 305. The fraction of sp³-hybridized carbons (Fsp3) is 0.700. The summed E-state index contributed by atoms with van der Waals surface area (Å²) in [5, 5.41) is 19.7. The van der Waals surface area contributed by atoms with Crippen LogP contribution in [0.1, 0.15) is 26.7 Å². The molecule has 7 nitrogen and oxygen atoms in total. The number of carbonyl (C=O) groups is 3. The summed E-state index contributed by atoms with van der Waals surface area (Å²) < 4.78 is 0. The van der Waals surface area contributed by atoms with Crippen molar-refractivity contribution < 1.29 is 24.6 Å². The second kappa shape index (κ2) is 6.85. The van der Waals surface area contributed by atoms with Gasteiger partial charge >= 0.3 is 11.9 Å². The molecular formula is C10H18N2O5. The van der Waals surface area contributed by atoms with Crippen LogP contribution in [0, 0.1) is 5.92 Å². The van der Waals surface area contributed by atoms with Crippen LogP contribution in [0.25, 0.3) is 0 Å². The number of rotatable bonds is 7. The summed E-state index contributed by atoms with van der Waals surface area (Å²) >= 11 is 0. The average molecular weight is 246 g/mol. The van der Waals surface area contributed by atoms with E-state index in [2.05, 4.69) is 5.32 Å². The van der Waals surface area contributed by atoms with E-state index in [9.17, 15) is 14.4 Å². The fourth-order valence-electron chi connectivity index (χ4n) is 1.20. The van der Waals surface area contributed by atoms with Gasteiger partial charge in [0.25, 0.3) is 0 Å². The highest BCUT2D eigenvalue weighted by Gasteiger charge is 2.26. The third-order valence-electron chi connectivity index (χ3n) is 2.52. The third-order valence-corrected chi connectivity index (χ3v) is 2.52. The van der Waals surface area contributed by atoms with Gasteiger partial charge in [0.15, 0.2) is 0 Å². The van der Waals surface area contributed by atoms with Crippen LogP contribution in [-0.2, 0) is 14.4 Å². The number of nitrogens with one attached hydrogen (secondary N) is 1. The molecule has 17 heavy (non-hydrogen) atoms. The molecule has 0 aliphatic heterocycles. The summed E-state index contributed by atoms with van der Waals surface area (Å²) in [6.45, 7) is 3.49. The van der Waals surface area contributed by atoms with Gasteiger partial charge < -0.3 is 21.3 Å². The Hall–Kier alpha value is -1.63. The maximum atomic E-state index is 11.4. The number of hydrogen-bond acceptors (Lipinski definition) is 4. The zero-order chi connectivity index (χ0) is 13.6. The Morgan fingerprint density at radius 2 is 1.76 bits per heavy atom. The van der Waals surface area contributed by atoms with Crippen LogP contribution < -0.4 is 11.1 Å². The van der Waals surface area contributed by atoms with Crippen LogP contribution in [0.5, 0.6) is 0 Å². The van der Waals surface area contributed by atoms with Gasteiger partial charge in [-0.15, -0.1) is 0 Å². The minimum atomic E-state index is -1.32. The molecule has 0 aromatic heterocycles. The second-order valence-corrected chi connectivity index (χ2v) is 3.92. The first kappa shape index (κ1) is 15.4. The van der Waals surface area contributed by atoms with E-state index < -0.39 is 36.4 Å². The highest BCUT2D eigenvalue weighted by Crippen LogP contribution is 2.08. The number of nitrogens with two attached hydrogens (primary N) is 1. The largest absolute Gasteiger partial charge is 0.480 e. The molecule has 0 bridgehead atoms. The highest BCUT2D eigenvalue weighted by atomic mass is 16.4. The van der Waals surface area contributed by atoms with Crippen molar-refractivity contribution in [3.05, 3.63) is 0 Å². The van der Waals surface area contributed by atoms with Gasteiger partial charge in [0.2, 0.25) is 5.91 Å². The lowest BCUT2D eigenvalue weighted by atomic mass is 9.99. The molecule has 0 aliphatic carbocycles. The Labute approximate surface area is 99.0 Å². The zero-order valence-electron chi connectivity index (χ0n) is 9.84. The van der Waals surface area contributed by atoms with Crippen LogP contribution in [-0.4, -0.2) is 40.1 Å². The van der Waals surface area contributed by atoms with Crippen LogP contribution in [0.3, 0.4) is 0 Å². The maximum Gasteiger partial charge on any atom is 0.326 e.